The molecule has 0 radical (unpaired) electrons. The van der Waals surface area contributed by atoms with Gasteiger partial charge in [-0.05, 0) is 31.4 Å². The van der Waals surface area contributed by atoms with E-state index >= 15 is 0 Å². The van der Waals surface area contributed by atoms with Crippen molar-refractivity contribution >= 4 is 27.3 Å². The molecule has 1 aromatic rings. The number of rotatable bonds is 3. The molecule has 4 nitrogen and oxygen atoms in total. The Morgan fingerprint density at radius 3 is 2.80 bits per heavy atom. The highest BCUT2D eigenvalue weighted by Gasteiger charge is 2.36. The number of hydrogen-bond acceptors (Lipinski definition) is 3. The Morgan fingerprint density at radius 1 is 1.53 bits per heavy atom. The molecule has 0 atom stereocenters. The first kappa shape index (κ1) is 10.7. The first-order valence-electron chi connectivity index (χ1n) is 4.63. The Kier molecular flexibility index (Phi) is 2.60. The van der Waals surface area contributed by atoms with Gasteiger partial charge in [-0.2, -0.15) is 0 Å². The normalized spacial score (nSPS) is 16.4. The van der Waals surface area contributed by atoms with Gasteiger partial charge in [-0.1, -0.05) is 11.6 Å². The standard InChI is InChI=1S/C9H11ClN2O2S/c1-6-4-8(9(10)11-5-6)12-15(13,14)7-2-3-7/h4-5,7,12H,2-3H2,1H3. The topological polar surface area (TPSA) is 59.1 Å². The summed E-state index contributed by atoms with van der Waals surface area (Å²) in [4.78, 5) is 3.88. The summed E-state index contributed by atoms with van der Waals surface area (Å²) >= 11 is 5.79. The van der Waals surface area contributed by atoms with Crippen LogP contribution in [0.25, 0.3) is 0 Å². The molecule has 1 aliphatic carbocycles. The minimum absolute atomic E-state index is 0.185. The maximum absolute atomic E-state index is 11.6. The number of aryl methyl sites for hydroxylation is 1. The van der Waals surface area contributed by atoms with E-state index in [4.69, 9.17) is 11.6 Å². The fourth-order valence-corrected chi connectivity index (χ4v) is 2.83. The van der Waals surface area contributed by atoms with E-state index in [2.05, 4.69) is 9.71 Å². The van der Waals surface area contributed by atoms with Gasteiger partial charge in [-0.25, -0.2) is 13.4 Å². The van der Waals surface area contributed by atoms with Gasteiger partial charge < -0.3 is 0 Å². The van der Waals surface area contributed by atoms with Gasteiger partial charge in [0.15, 0.2) is 5.15 Å². The van der Waals surface area contributed by atoms with E-state index in [9.17, 15) is 8.42 Å². The molecule has 1 aromatic heterocycles. The SMILES string of the molecule is Cc1cnc(Cl)c(NS(=O)(=O)C2CC2)c1. The molecular weight excluding hydrogens is 236 g/mol. The van der Waals surface area contributed by atoms with Gasteiger partial charge in [-0.15, -0.1) is 0 Å². The Bertz CT molecular complexity index is 483. The van der Waals surface area contributed by atoms with Crippen LogP contribution in [0.15, 0.2) is 12.3 Å². The molecule has 82 valence electrons. The lowest BCUT2D eigenvalue weighted by molar-refractivity contribution is 0.600. The monoisotopic (exact) mass is 246 g/mol. The lowest BCUT2D eigenvalue weighted by Crippen LogP contribution is -2.17. The lowest BCUT2D eigenvalue weighted by atomic mass is 10.3. The number of anilines is 1. The maximum atomic E-state index is 11.6. The van der Waals surface area contributed by atoms with Crippen molar-refractivity contribution in [3.8, 4) is 0 Å². The van der Waals surface area contributed by atoms with E-state index in [0.29, 0.717) is 5.69 Å². The molecule has 1 heterocycles. The van der Waals surface area contributed by atoms with Gasteiger partial charge in [0.25, 0.3) is 0 Å². The Morgan fingerprint density at radius 2 is 2.20 bits per heavy atom. The zero-order chi connectivity index (χ0) is 11.1. The van der Waals surface area contributed by atoms with Gasteiger partial charge in [-0.3, -0.25) is 4.72 Å². The fraction of sp³-hybridized carbons (Fsp3) is 0.444. The number of sulfonamides is 1. The van der Waals surface area contributed by atoms with Gasteiger partial charge >= 0.3 is 0 Å². The Labute approximate surface area is 93.7 Å². The molecular formula is C9H11ClN2O2S. The second kappa shape index (κ2) is 3.64. The summed E-state index contributed by atoms with van der Waals surface area (Å²) in [6.45, 7) is 1.83. The van der Waals surface area contributed by atoms with Crippen molar-refractivity contribution in [3.63, 3.8) is 0 Å². The summed E-state index contributed by atoms with van der Waals surface area (Å²) in [6, 6.07) is 1.68. The molecule has 0 aromatic carbocycles. The van der Waals surface area contributed by atoms with Crippen LogP contribution in [0.5, 0.6) is 0 Å². The van der Waals surface area contributed by atoms with Crippen LogP contribution >= 0.6 is 11.6 Å². The van der Waals surface area contributed by atoms with Crippen LogP contribution in [0, 0.1) is 6.92 Å². The number of nitrogens with one attached hydrogen (secondary N) is 1. The molecule has 0 aliphatic heterocycles. The number of hydrogen-bond donors (Lipinski definition) is 1. The summed E-state index contributed by atoms with van der Waals surface area (Å²) in [5.74, 6) is 0. The molecule has 0 saturated heterocycles. The molecule has 0 spiro atoms. The molecule has 2 rings (SSSR count). The van der Waals surface area contributed by atoms with Crippen LogP contribution in [0.2, 0.25) is 5.15 Å². The first-order chi connectivity index (χ1) is 6.99. The molecule has 0 bridgehead atoms. The van der Waals surface area contributed by atoms with Crippen molar-refractivity contribution in [1.82, 2.24) is 4.98 Å². The first-order valence-corrected chi connectivity index (χ1v) is 6.55. The van der Waals surface area contributed by atoms with Gasteiger partial charge in [0.2, 0.25) is 10.0 Å². The zero-order valence-electron chi connectivity index (χ0n) is 8.20. The largest absolute Gasteiger partial charge is 0.280 e. The third-order valence-corrected chi connectivity index (χ3v) is 4.35. The highest BCUT2D eigenvalue weighted by atomic mass is 35.5. The number of halogens is 1. The zero-order valence-corrected chi connectivity index (χ0v) is 9.77. The lowest BCUT2D eigenvalue weighted by Gasteiger charge is -2.08. The molecule has 15 heavy (non-hydrogen) atoms. The summed E-state index contributed by atoms with van der Waals surface area (Å²) in [7, 11) is -3.25. The van der Waals surface area contributed by atoms with Crippen LogP contribution < -0.4 is 4.72 Å². The quantitative estimate of drug-likeness (QED) is 0.830. The van der Waals surface area contributed by atoms with Crippen LogP contribution in [-0.4, -0.2) is 18.7 Å². The second-order valence-electron chi connectivity index (χ2n) is 3.70. The molecule has 0 amide bonds. The molecule has 1 fully saturated rings. The Hall–Kier alpha value is -0.810. The predicted molar refractivity (Wildman–Crippen MR) is 59.5 cm³/mol. The molecule has 6 heteroatoms. The Balaban J connectivity index is 2.27. The average molecular weight is 247 g/mol. The number of pyridine rings is 1. The fourth-order valence-electron chi connectivity index (χ4n) is 1.24. The second-order valence-corrected chi connectivity index (χ2v) is 6.02. The van der Waals surface area contributed by atoms with E-state index in [-0.39, 0.29) is 10.4 Å². The highest BCUT2D eigenvalue weighted by molar-refractivity contribution is 7.93. The average Bonchev–Trinajstić information content (AvgIpc) is 2.93. The van der Waals surface area contributed by atoms with Gasteiger partial charge in [0.05, 0.1) is 10.9 Å². The van der Waals surface area contributed by atoms with Crippen molar-refractivity contribution in [2.75, 3.05) is 4.72 Å². The minimum Gasteiger partial charge on any atom is -0.280 e. The molecule has 1 N–H and O–H groups in total. The summed E-state index contributed by atoms with van der Waals surface area (Å²) < 4.78 is 25.7. The van der Waals surface area contributed by atoms with Crippen molar-refractivity contribution in [1.29, 1.82) is 0 Å². The number of nitrogens with zero attached hydrogens (tertiary/aromatic N) is 1. The van der Waals surface area contributed by atoms with E-state index in [1.54, 1.807) is 12.3 Å². The van der Waals surface area contributed by atoms with E-state index < -0.39 is 10.0 Å². The van der Waals surface area contributed by atoms with Crippen molar-refractivity contribution in [2.45, 2.75) is 25.0 Å². The van der Waals surface area contributed by atoms with Crippen LogP contribution in [0.1, 0.15) is 18.4 Å². The van der Waals surface area contributed by atoms with Crippen LogP contribution in [0.4, 0.5) is 5.69 Å². The smallest absolute Gasteiger partial charge is 0.235 e. The maximum Gasteiger partial charge on any atom is 0.235 e. The summed E-state index contributed by atoms with van der Waals surface area (Å²) in [5, 5.41) is -0.0705. The molecule has 0 unspecified atom stereocenters. The highest BCUT2D eigenvalue weighted by Crippen LogP contribution is 2.31. The molecule has 1 aliphatic rings. The van der Waals surface area contributed by atoms with E-state index in [0.717, 1.165) is 18.4 Å². The third-order valence-electron chi connectivity index (χ3n) is 2.19. The predicted octanol–water partition coefficient (Wildman–Crippen LogP) is 1.95. The van der Waals surface area contributed by atoms with Crippen LogP contribution in [0.3, 0.4) is 0 Å². The van der Waals surface area contributed by atoms with Crippen molar-refractivity contribution in [2.24, 2.45) is 0 Å². The van der Waals surface area contributed by atoms with Gasteiger partial charge in [0, 0.05) is 6.20 Å². The van der Waals surface area contributed by atoms with Crippen LogP contribution in [-0.2, 0) is 10.0 Å². The van der Waals surface area contributed by atoms with Crippen molar-refractivity contribution in [3.05, 3.63) is 23.0 Å². The minimum atomic E-state index is -3.25. The number of aromatic nitrogens is 1. The van der Waals surface area contributed by atoms with E-state index in [1.165, 1.54) is 0 Å². The van der Waals surface area contributed by atoms with Crippen molar-refractivity contribution < 1.29 is 8.42 Å². The molecule has 1 saturated carbocycles. The summed E-state index contributed by atoms with van der Waals surface area (Å²) in [6.07, 6.45) is 3.05. The van der Waals surface area contributed by atoms with Gasteiger partial charge in [0.1, 0.15) is 0 Å². The third kappa shape index (κ3) is 2.41. The van der Waals surface area contributed by atoms with E-state index in [1.807, 2.05) is 6.92 Å². The summed E-state index contributed by atoms with van der Waals surface area (Å²) in [5.41, 5.74) is 1.23.